The summed E-state index contributed by atoms with van der Waals surface area (Å²) in [7, 11) is 0. The molecular formula is C25H25ClFN3O2. The van der Waals surface area contributed by atoms with Crippen molar-refractivity contribution in [2.75, 3.05) is 19.7 Å². The van der Waals surface area contributed by atoms with Crippen LogP contribution in [0, 0.1) is 19.7 Å². The van der Waals surface area contributed by atoms with Crippen LogP contribution in [0.1, 0.15) is 35.8 Å². The molecule has 0 bridgehead atoms. The van der Waals surface area contributed by atoms with Gasteiger partial charge in [-0.15, -0.1) is 0 Å². The number of ether oxygens (including phenoxy) is 1. The van der Waals surface area contributed by atoms with Crippen molar-refractivity contribution in [2.45, 2.75) is 32.6 Å². The number of aryl methyl sites for hydroxylation is 2. The van der Waals surface area contributed by atoms with E-state index in [2.05, 4.69) is 4.98 Å². The summed E-state index contributed by atoms with van der Waals surface area (Å²) in [5, 5.41) is 0.636. The highest BCUT2D eigenvalue weighted by atomic mass is 35.5. The first kappa shape index (κ1) is 22.2. The Morgan fingerprint density at radius 1 is 1.22 bits per heavy atom. The molecule has 1 fully saturated rings. The van der Waals surface area contributed by atoms with Gasteiger partial charge in [0.2, 0.25) is 0 Å². The van der Waals surface area contributed by atoms with Gasteiger partial charge in [0.15, 0.2) is 6.61 Å². The Hall–Kier alpha value is -2.99. The topological polar surface area (TPSA) is 55.3 Å². The quantitative estimate of drug-likeness (QED) is 0.523. The number of rotatable bonds is 5. The molecule has 32 heavy (non-hydrogen) atoms. The van der Waals surface area contributed by atoms with Crippen LogP contribution < -0.4 is 4.74 Å². The SMILES string of the molecule is Cc1ncc(-c2ccc(F)cc2)c(C2CCCN(C(=O)COc3ccc(Cl)cc3C)C2)n1. The summed E-state index contributed by atoms with van der Waals surface area (Å²) in [6.07, 6.45) is 3.59. The van der Waals surface area contributed by atoms with E-state index in [1.807, 2.05) is 24.8 Å². The van der Waals surface area contributed by atoms with Crippen molar-refractivity contribution in [3.63, 3.8) is 0 Å². The lowest BCUT2D eigenvalue weighted by molar-refractivity contribution is -0.134. The number of amides is 1. The first-order chi connectivity index (χ1) is 15.4. The third-order valence-corrected chi connectivity index (χ3v) is 5.98. The second-order valence-corrected chi connectivity index (χ2v) is 8.54. The Morgan fingerprint density at radius 2 is 2.00 bits per heavy atom. The van der Waals surface area contributed by atoms with Gasteiger partial charge in [-0.25, -0.2) is 14.4 Å². The summed E-state index contributed by atoms with van der Waals surface area (Å²) in [5.74, 6) is 1.07. The van der Waals surface area contributed by atoms with Crippen LogP contribution in [0.3, 0.4) is 0 Å². The maximum atomic E-state index is 13.4. The average Bonchev–Trinajstić information content (AvgIpc) is 2.79. The smallest absolute Gasteiger partial charge is 0.260 e. The van der Waals surface area contributed by atoms with E-state index in [4.69, 9.17) is 21.3 Å². The molecule has 5 nitrogen and oxygen atoms in total. The van der Waals surface area contributed by atoms with Crippen molar-refractivity contribution in [1.29, 1.82) is 0 Å². The molecule has 0 saturated carbocycles. The fraction of sp³-hybridized carbons (Fsp3) is 0.320. The molecule has 0 N–H and O–H groups in total. The minimum atomic E-state index is -0.284. The summed E-state index contributed by atoms with van der Waals surface area (Å²) in [4.78, 5) is 23.8. The van der Waals surface area contributed by atoms with Crippen molar-refractivity contribution < 1.29 is 13.9 Å². The molecule has 1 aliphatic rings. The van der Waals surface area contributed by atoms with Gasteiger partial charge >= 0.3 is 0 Å². The van der Waals surface area contributed by atoms with Crippen LogP contribution in [0.2, 0.25) is 5.02 Å². The van der Waals surface area contributed by atoms with E-state index in [0.29, 0.717) is 29.7 Å². The van der Waals surface area contributed by atoms with E-state index >= 15 is 0 Å². The highest BCUT2D eigenvalue weighted by Gasteiger charge is 2.28. The molecule has 1 aromatic heterocycles. The Morgan fingerprint density at radius 3 is 2.75 bits per heavy atom. The van der Waals surface area contributed by atoms with Crippen LogP contribution in [0.4, 0.5) is 4.39 Å². The third kappa shape index (κ3) is 5.07. The number of carbonyl (C=O) groups excluding carboxylic acids is 1. The first-order valence-corrected chi connectivity index (χ1v) is 11.0. The van der Waals surface area contributed by atoms with Crippen LogP contribution in [-0.4, -0.2) is 40.5 Å². The number of piperidine rings is 1. The second-order valence-electron chi connectivity index (χ2n) is 8.10. The third-order valence-electron chi connectivity index (χ3n) is 5.74. The highest BCUT2D eigenvalue weighted by Crippen LogP contribution is 2.33. The van der Waals surface area contributed by atoms with Gasteiger partial charge in [0.25, 0.3) is 5.91 Å². The predicted molar refractivity (Wildman–Crippen MR) is 122 cm³/mol. The van der Waals surface area contributed by atoms with Gasteiger partial charge in [0.1, 0.15) is 17.4 Å². The van der Waals surface area contributed by atoms with Crippen LogP contribution >= 0.6 is 11.6 Å². The van der Waals surface area contributed by atoms with E-state index in [0.717, 1.165) is 35.2 Å². The molecule has 0 radical (unpaired) electrons. The van der Waals surface area contributed by atoms with Crippen molar-refractivity contribution >= 4 is 17.5 Å². The maximum absolute atomic E-state index is 13.4. The zero-order valence-electron chi connectivity index (χ0n) is 18.1. The van der Waals surface area contributed by atoms with Crippen molar-refractivity contribution in [3.05, 3.63) is 76.6 Å². The zero-order valence-corrected chi connectivity index (χ0v) is 18.9. The molecule has 1 atom stereocenters. The molecule has 7 heteroatoms. The molecule has 1 unspecified atom stereocenters. The number of halogens is 2. The molecule has 2 aromatic carbocycles. The van der Waals surface area contributed by atoms with Gasteiger partial charge in [-0.2, -0.15) is 0 Å². The highest BCUT2D eigenvalue weighted by molar-refractivity contribution is 6.30. The van der Waals surface area contributed by atoms with Crippen LogP contribution in [0.5, 0.6) is 5.75 Å². The Balaban J connectivity index is 1.49. The monoisotopic (exact) mass is 453 g/mol. The van der Waals surface area contributed by atoms with Crippen LogP contribution in [-0.2, 0) is 4.79 Å². The molecule has 1 amide bonds. The average molecular weight is 454 g/mol. The first-order valence-electron chi connectivity index (χ1n) is 10.7. The normalized spacial score (nSPS) is 16.1. The molecule has 4 rings (SSSR count). The fourth-order valence-electron chi connectivity index (χ4n) is 4.08. The number of nitrogens with zero attached hydrogens (tertiary/aromatic N) is 3. The van der Waals surface area contributed by atoms with E-state index in [1.165, 1.54) is 12.1 Å². The summed E-state index contributed by atoms with van der Waals surface area (Å²) < 4.78 is 19.2. The van der Waals surface area contributed by atoms with Crippen molar-refractivity contribution in [2.24, 2.45) is 0 Å². The number of benzene rings is 2. The Kier molecular flexibility index (Phi) is 6.70. The van der Waals surface area contributed by atoms with Gasteiger partial charge in [-0.3, -0.25) is 4.79 Å². The lowest BCUT2D eigenvalue weighted by atomic mass is 9.90. The maximum Gasteiger partial charge on any atom is 0.260 e. The van der Waals surface area contributed by atoms with Gasteiger partial charge in [0.05, 0.1) is 5.69 Å². The number of carbonyl (C=O) groups is 1. The van der Waals surface area contributed by atoms with Crippen LogP contribution in [0.15, 0.2) is 48.7 Å². The second kappa shape index (κ2) is 9.65. The van der Waals surface area contributed by atoms with Crippen LogP contribution in [0.25, 0.3) is 11.1 Å². The fourth-order valence-corrected chi connectivity index (χ4v) is 4.31. The van der Waals surface area contributed by atoms with Crippen molar-refractivity contribution in [1.82, 2.24) is 14.9 Å². The molecule has 0 spiro atoms. The number of hydrogen-bond acceptors (Lipinski definition) is 4. The Bertz CT molecular complexity index is 1120. The molecule has 3 aromatic rings. The van der Waals surface area contributed by atoms with E-state index in [9.17, 15) is 9.18 Å². The van der Waals surface area contributed by atoms with Gasteiger partial charge in [-0.1, -0.05) is 23.7 Å². The Labute approximate surface area is 192 Å². The van der Waals surface area contributed by atoms with E-state index in [-0.39, 0.29) is 24.2 Å². The zero-order chi connectivity index (χ0) is 22.7. The molecular weight excluding hydrogens is 429 g/mol. The summed E-state index contributed by atoms with van der Waals surface area (Å²) in [6, 6.07) is 11.7. The summed E-state index contributed by atoms with van der Waals surface area (Å²) >= 11 is 5.99. The minimum Gasteiger partial charge on any atom is -0.483 e. The van der Waals surface area contributed by atoms with Gasteiger partial charge in [0, 0.05) is 35.8 Å². The molecule has 0 aliphatic carbocycles. The summed E-state index contributed by atoms with van der Waals surface area (Å²) in [5.41, 5.74) is 3.53. The van der Waals surface area contributed by atoms with E-state index in [1.54, 1.807) is 30.5 Å². The minimum absolute atomic E-state index is 0.0250. The molecule has 1 saturated heterocycles. The lowest BCUT2D eigenvalue weighted by Gasteiger charge is -2.33. The number of likely N-dealkylation sites (tertiary alicyclic amines) is 1. The molecule has 2 heterocycles. The molecule has 1 aliphatic heterocycles. The number of hydrogen-bond donors (Lipinski definition) is 0. The van der Waals surface area contributed by atoms with Crippen molar-refractivity contribution in [3.8, 4) is 16.9 Å². The lowest BCUT2D eigenvalue weighted by Crippen LogP contribution is -2.41. The van der Waals surface area contributed by atoms with E-state index < -0.39 is 0 Å². The predicted octanol–water partition coefficient (Wildman–Crippen LogP) is 5.34. The van der Waals surface area contributed by atoms with Gasteiger partial charge < -0.3 is 9.64 Å². The summed E-state index contributed by atoms with van der Waals surface area (Å²) in [6.45, 7) is 4.98. The van der Waals surface area contributed by atoms with Gasteiger partial charge in [-0.05, 0) is 68.1 Å². The largest absolute Gasteiger partial charge is 0.483 e. The molecule has 166 valence electrons. The standard InChI is InChI=1S/C25H25ClFN3O2/c1-16-12-20(26)7-10-23(16)32-15-24(31)30-11-3-4-19(14-30)25-22(13-28-17(2)29-25)18-5-8-21(27)9-6-18/h5-10,12-13,19H,3-4,11,14-15H2,1-2H3. The number of aromatic nitrogens is 2.